The molecule has 0 aliphatic carbocycles. The number of hydrogen-bond acceptors (Lipinski definition) is 5. The van der Waals surface area contributed by atoms with Gasteiger partial charge in [-0.2, -0.15) is 13.2 Å². The summed E-state index contributed by atoms with van der Waals surface area (Å²) >= 11 is 1.39. The first-order valence-corrected chi connectivity index (χ1v) is 8.85. The molecule has 1 amide bonds. The van der Waals surface area contributed by atoms with E-state index < -0.39 is 11.7 Å². The van der Waals surface area contributed by atoms with E-state index in [0.717, 1.165) is 12.1 Å². The first-order chi connectivity index (χ1) is 12.9. The number of carbonyl (C=O) groups excluding carboxylic acids is 1. The molecule has 0 atom stereocenters. The van der Waals surface area contributed by atoms with E-state index in [4.69, 9.17) is 9.15 Å². The Labute approximate surface area is 156 Å². The molecule has 2 heterocycles. The molecule has 0 unspecified atom stereocenters. The fourth-order valence-corrected chi connectivity index (χ4v) is 3.01. The van der Waals surface area contributed by atoms with Gasteiger partial charge in [0.2, 0.25) is 5.91 Å². The van der Waals surface area contributed by atoms with E-state index >= 15 is 0 Å². The lowest BCUT2D eigenvalue weighted by Crippen LogP contribution is -2.29. The van der Waals surface area contributed by atoms with Crippen molar-refractivity contribution in [3.8, 4) is 16.5 Å². The van der Waals surface area contributed by atoms with Crippen LogP contribution in [0.1, 0.15) is 11.3 Å². The summed E-state index contributed by atoms with van der Waals surface area (Å²) < 4.78 is 48.0. The van der Waals surface area contributed by atoms with Crippen LogP contribution in [0.5, 0.6) is 5.75 Å². The van der Waals surface area contributed by atoms with Gasteiger partial charge in [-0.1, -0.05) is 0 Å². The van der Waals surface area contributed by atoms with Gasteiger partial charge in [0, 0.05) is 5.38 Å². The molecule has 0 aliphatic heterocycles. The number of carbonyl (C=O) groups is 1. The average molecular weight is 396 g/mol. The summed E-state index contributed by atoms with van der Waals surface area (Å²) in [5, 5.41) is 5.17. The van der Waals surface area contributed by atoms with Crippen LogP contribution in [0.2, 0.25) is 0 Å². The zero-order chi connectivity index (χ0) is 19.3. The number of amides is 1. The fourth-order valence-electron chi connectivity index (χ4n) is 2.23. The van der Waals surface area contributed by atoms with E-state index in [-0.39, 0.29) is 25.5 Å². The number of hydrogen-bond donors (Lipinski definition) is 1. The Bertz CT molecular complexity index is 874. The number of thiazole rings is 1. The molecular formula is C18H15F3N2O3S. The summed E-state index contributed by atoms with van der Waals surface area (Å²) in [7, 11) is 0. The Morgan fingerprint density at radius 2 is 2.00 bits per heavy atom. The lowest BCUT2D eigenvalue weighted by Gasteiger charge is -2.09. The molecule has 0 radical (unpaired) electrons. The third-order valence-corrected chi connectivity index (χ3v) is 4.41. The van der Waals surface area contributed by atoms with Gasteiger partial charge < -0.3 is 14.5 Å². The molecule has 3 aromatic rings. The SMILES string of the molecule is O=C(Cc1csc(-c2ccco2)n1)NCCOc1ccc(C(F)(F)F)cc1. The first-order valence-electron chi connectivity index (χ1n) is 7.97. The van der Waals surface area contributed by atoms with Gasteiger partial charge in [-0.25, -0.2) is 4.98 Å². The number of benzene rings is 1. The number of ether oxygens (including phenoxy) is 1. The van der Waals surface area contributed by atoms with E-state index in [2.05, 4.69) is 10.3 Å². The molecule has 2 aromatic heterocycles. The van der Waals surface area contributed by atoms with Crippen LogP contribution >= 0.6 is 11.3 Å². The zero-order valence-electron chi connectivity index (χ0n) is 14.0. The number of alkyl halides is 3. The molecule has 3 rings (SSSR count). The highest BCUT2D eigenvalue weighted by Crippen LogP contribution is 2.30. The van der Waals surface area contributed by atoms with Crippen molar-refractivity contribution in [1.29, 1.82) is 0 Å². The maximum absolute atomic E-state index is 12.5. The maximum Gasteiger partial charge on any atom is 0.416 e. The van der Waals surface area contributed by atoms with E-state index in [0.29, 0.717) is 22.2 Å². The summed E-state index contributed by atoms with van der Waals surface area (Å²) in [6.07, 6.45) is -2.70. The summed E-state index contributed by atoms with van der Waals surface area (Å²) in [4.78, 5) is 16.3. The Kier molecular flexibility index (Phi) is 5.80. The van der Waals surface area contributed by atoms with Crippen molar-refractivity contribution in [2.45, 2.75) is 12.6 Å². The van der Waals surface area contributed by atoms with Gasteiger partial charge in [-0.15, -0.1) is 11.3 Å². The lowest BCUT2D eigenvalue weighted by molar-refractivity contribution is -0.137. The van der Waals surface area contributed by atoms with Crippen molar-refractivity contribution in [2.24, 2.45) is 0 Å². The first kappa shape index (κ1) is 19.0. The van der Waals surface area contributed by atoms with E-state index in [1.807, 2.05) is 0 Å². The highest BCUT2D eigenvalue weighted by atomic mass is 32.1. The number of nitrogens with zero attached hydrogens (tertiary/aromatic N) is 1. The van der Waals surface area contributed by atoms with E-state index in [1.165, 1.54) is 23.5 Å². The Morgan fingerprint density at radius 1 is 1.22 bits per heavy atom. The van der Waals surface area contributed by atoms with Gasteiger partial charge in [0.05, 0.1) is 30.5 Å². The molecule has 9 heteroatoms. The standard InChI is InChI=1S/C18H15F3N2O3S/c19-18(20,21)12-3-5-14(6-4-12)25-9-7-22-16(24)10-13-11-27-17(23-13)15-2-1-8-26-15/h1-6,8,11H,7,9-10H2,(H,22,24). The zero-order valence-corrected chi connectivity index (χ0v) is 14.8. The van der Waals surface area contributed by atoms with Crippen LogP contribution in [-0.4, -0.2) is 24.0 Å². The van der Waals surface area contributed by atoms with E-state index in [1.54, 1.807) is 23.8 Å². The highest BCUT2D eigenvalue weighted by Gasteiger charge is 2.29. The monoisotopic (exact) mass is 396 g/mol. The van der Waals surface area contributed by atoms with Crippen LogP contribution < -0.4 is 10.1 Å². The van der Waals surface area contributed by atoms with Gasteiger partial charge in [-0.05, 0) is 36.4 Å². The smallest absolute Gasteiger partial charge is 0.416 e. The predicted molar refractivity (Wildman–Crippen MR) is 93.5 cm³/mol. The summed E-state index contributed by atoms with van der Waals surface area (Å²) in [6.45, 7) is 0.376. The Morgan fingerprint density at radius 3 is 2.67 bits per heavy atom. The van der Waals surface area contributed by atoms with Crippen molar-refractivity contribution in [3.63, 3.8) is 0 Å². The number of furan rings is 1. The third kappa shape index (κ3) is 5.33. The molecule has 0 saturated heterocycles. The topological polar surface area (TPSA) is 64.4 Å². The van der Waals surface area contributed by atoms with Gasteiger partial charge in [0.25, 0.3) is 0 Å². The minimum absolute atomic E-state index is 0.123. The van der Waals surface area contributed by atoms with Gasteiger partial charge in [0.1, 0.15) is 12.4 Å². The molecule has 0 fully saturated rings. The Balaban J connectivity index is 1.40. The number of nitrogens with one attached hydrogen (secondary N) is 1. The van der Waals surface area contributed by atoms with Crippen molar-refractivity contribution in [3.05, 3.63) is 59.3 Å². The van der Waals surface area contributed by atoms with E-state index in [9.17, 15) is 18.0 Å². The van der Waals surface area contributed by atoms with Crippen LogP contribution in [0, 0.1) is 0 Å². The minimum atomic E-state index is -4.38. The van der Waals surface area contributed by atoms with Crippen molar-refractivity contribution < 1.29 is 27.1 Å². The molecule has 0 bridgehead atoms. The van der Waals surface area contributed by atoms with Gasteiger partial charge in [-0.3, -0.25) is 4.79 Å². The van der Waals surface area contributed by atoms with Crippen LogP contribution in [0.4, 0.5) is 13.2 Å². The summed E-state index contributed by atoms with van der Waals surface area (Å²) in [5.74, 6) is 0.735. The van der Waals surface area contributed by atoms with Crippen LogP contribution in [0.3, 0.4) is 0 Å². The summed E-state index contributed by atoms with van der Waals surface area (Å²) in [6, 6.07) is 7.95. The average Bonchev–Trinajstić information content (AvgIpc) is 3.30. The summed E-state index contributed by atoms with van der Waals surface area (Å²) in [5.41, 5.74) is -0.104. The quantitative estimate of drug-likeness (QED) is 0.609. The number of rotatable bonds is 7. The molecule has 1 aromatic carbocycles. The molecule has 0 spiro atoms. The van der Waals surface area contributed by atoms with Crippen molar-refractivity contribution in [2.75, 3.05) is 13.2 Å². The maximum atomic E-state index is 12.5. The molecule has 0 aliphatic rings. The fraction of sp³-hybridized carbons (Fsp3) is 0.222. The number of aromatic nitrogens is 1. The molecule has 27 heavy (non-hydrogen) atoms. The molecule has 1 N–H and O–H groups in total. The van der Waals surface area contributed by atoms with Crippen LogP contribution in [0.15, 0.2) is 52.5 Å². The minimum Gasteiger partial charge on any atom is -0.492 e. The van der Waals surface area contributed by atoms with Crippen LogP contribution in [0.25, 0.3) is 10.8 Å². The molecule has 0 saturated carbocycles. The molecule has 5 nitrogen and oxygen atoms in total. The normalized spacial score (nSPS) is 11.4. The highest BCUT2D eigenvalue weighted by molar-refractivity contribution is 7.13. The largest absolute Gasteiger partial charge is 0.492 e. The van der Waals surface area contributed by atoms with Gasteiger partial charge >= 0.3 is 6.18 Å². The third-order valence-electron chi connectivity index (χ3n) is 3.50. The Hall–Kier alpha value is -2.81. The van der Waals surface area contributed by atoms with Gasteiger partial charge in [0.15, 0.2) is 10.8 Å². The molecular weight excluding hydrogens is 381 g/mol. The predicted octanol–water partition coefficient (Wildman–Crippen LogP) is 4.16. The second-order valence-electron chi connectivity index (χ2n) is 5.52. The van der Waals surface area contributed by atoms with Crippen molar-refractivity contribution >= 4 is 17.2 Å². The second kappa shape index (κ2) is 8.26. The number of halogens is 3. The lowest BCUT2D eigenvalue weighted by atomic mass is 10.2. The second-order valence-corrected chi connectivity index (χ2v) is 6.38. The molecule has 142 valence electrons. The van der Waals surface area contributed by atoms with Crippen molar-refractivity contribution in [1.82, 2.24) is 10.3 Å². The van der Waals surface area contributed by atoms with Crippen LogP contribution in [-0.2, 0) is 17.4 Å².